The Bertz CT molecular complexity index is 366. The summed E-state index contributed by atoms with van der Waals surface area (Å²) in [6.07, 6.45) is 35.7. The van der Waals surface area contributed by atoms with Gasteiger partial charge in [-0.05, 0) is 12.8 Å². The molecule has 0 spiro atoms. The molecule has 0 heterocycles. The van der Waals surface area contributed by atoms with E-state index in [1.54, 1.807) is 6.08 Å². The summed E-state index contributed by atoms with van der Waals surface area (Å²) in [4.78, 5) is 13.5. The minimum atomic E-state index is 0.366. The van der Waals surface area contributed by atoms with Gasteiger partial charge in [-0.15, -0.1) is 0 Å². The zero-order chi connectivity index (χ0) is 22.5. The Kier molecular flexibility index (Phi) is 28.7. The summed E-state index contributed by atoms with van der Waals surface area (Å²) in [6, 6.07) is 0. The minimum absolute atomic E-state index is 0.366. The second-order valence-electron chi connectivity index (χ2n) is 9.54. The summed E-state index contributed by atoms with van der Waals surface area (Å²) in [5, 5.41) is 8.75. The number of hydrogen-bond acceptors (Lipinski definition) is 3. The van der Waals surface area contributed by atoms with Gasteiger partial charge in [0.25, 0.3) is 0 Å². The standard InChI is InChI=1S/C28H55NO2/c30-27-25-23-21-19-17-15-13-11-9-7-5-3-1-2-4-6-8-10-12-14-16-18-20-22-24-26-29-28-31/h30H,1-27H2. The number of unbranched alkanes of at least 4 members (excludes halogenated alkanes) is 24. The number of aliphatic hydroxyl groups is 1. The largest absolute Gasteiger partial charge is 0.396 e. The number of hydrogen-bond donors (Lipinski definition) is 1. The third-order valence-electron chi connectivity index (χ3n) is 6.49. The van der Waals surface area contributed by atoms with Crippen LogP contribution in [0.4, 0.5) is 0 Å². The molecule has 1 N–H and O–H groups in total. The van der Waals surface area contributed by atoms with Gasteiger partial charge in [0.15, 0.2) is 0 Å². The Morgan fingerprint density at radius 1 is 0.387 bits per heavy atom. The molecule has 0 amide bonds. The number of rotatable bonds is 27. The van der Waals surface area contributed by atoms with Gasteiger partial charge in [0, 0.05) is 6.61 Å². The third kappa shape index (κ3) is 29.3. The summed E-state index contributed by atoms with van der Waals surface area (Å²) >= 11 is 0. The first-order chi connectivity index (χ1) is 15.4. The maximum atomic E-state index is 9.95. The van der Waals surface area contributed by atoms with E-state index < -0.39 is 0 Å². The van der Waals surface area contributed by atoms with Crippen LogP contribution in [-0.4, -0.2) is 24.3 Å². The molecule has 31 heavy (non-hydrogen) atoms. The molecule has 3 nitrogen and oxygen atoms in total. The molecule has 0 rings (SSSR count). The first kappa shape index (κ1) is 30.3. The lowest BCUT2D eigenvalue weighted by Crippen LogP contribution is -1.85. The Morgan fingerprint density at radius 2 is 0.613 bits per heavy atom. The molecule has 0 aromatic rings. The van der Waals surface area contributed by atoms with Crippen LogP contribution in [0.15, 0.2) is 4.99 Å². The highest BCUT2D eigenvalue weighted by molar-refractivity contribution is 5.32. The second-order valence-corrected chi connectivity index (χ2v) is 9.54. The van der Waals surface area contributed by atoms with Crippen LogP contribution >= 0.6 is 0 Å². The van der Waals surface area contributed by atoms with Crippen LogP contribution in [-0.2, 0) is 4.79 Å². The number of carbonyl (C=O) groups excluding carboxylic acids is 1. The highest BCUT2D eigenvalue weighted by atomic mass is 16.2. The molecule has 0 aromatic heterocycles. The fraction of sp³-hybridized carbons (Fsp3) is 0.964. The molecule has 0 aliphatic carbocycles. The first-order valence-electron chi connectivity index (χ1n) is 14.1. The van der Waals surface area contributed by atoms with Gasteiger partial charge in [-0.25, -0.2) is 9.79 Å². The lowest BCUT2D eigenvalue weighted by molar-refractivity contribution is 0.282. The maximum absolute atomic E-state index is 9.95. The molecular formula is C28H55NO2. The quantitative estimate of drug-likeness (QED) is 0.0791. The van der Waals surface area contributed by atoms with E-state index in [1.165, 1.54) is 148 Å². The highest BCUT2D eigenvalue weighted by Gasteiger charge is 1.96. The molecule has 0 radical (unpaired) electrons. The molecule has 3 heteroatoms. The van der Waals surface area contributed by atoms with Gasteiger partial charge in [0.2, 0.25) is 6.08 Å². The Hall–Kier alpha value is -0.660. The van der Waals surface area contributed by atoms with Crippen LogP contribution in [0.25, 0.3) is 0 Å². The molecule has 184 valence electrons. The van der Waals surface area contributed by atoms with Crippen molar-refractivity contribution in [3.05, 3.63) is 0 Å². The van der Waals surface area contributed by atoms with E-state index in [-0.39, 0.29) is 0 Å². The molecule has 0 aliphatic rings. The van der Waals surface area contributed by atoms with Crippen molar-refractivity contribution in [1.29, 1.82) is 0 Å². The van der Waals surface area contributed by atoms with Gasteiger partial charge in [-0.3, -0.25) is 0 Å². The average Bonchev–Trinajstić information content (AvgIpc) is 2.78. The van der Waals surface area contributed by atoms with Crippen LogP contribution in [0.2, 0.25) is 0 Å². The molecule has 0 unspecified atom stereocenters. The zero-order valence-electron chi connectivity index (χ0n) is 20.9. The average molecular weight is 438 g/mol. The van der Waals surface area contributed by atoms with Crippen LogP contribution in [0.1, 0.15) is 161 Å². The topological polar surface area (TPSA) is 49.7 Å². The van der Waals surface area contributed by atoms with Crippen LogP contribution in [0, 0.1) is 0 Å². The molecule has 0 saturated heterocycles. The molecular weight excluding hydrogens is 382 g/mol. The minimum Gasteiger partial charge on any atom is -0.396 e. The van der Waals surface area contributed by atoms with Crippen LogP contribution in [0.3, 0.4) is 0 Å². The lowest BCUT2D eigenvalue weighted by Gasteiger charge is -2.04. The number of aliphatic imine (C=N–C) groups is 1. The van der Waals surface area contributed by atoms with Crippen molar-refractivity contribution >= 4 is 6.08 Å². The van der Waals surface area contributed by atoms with Crippen molar-refractivity contribution in [1.82, 2.24) is 0 Å². The van der Waals surface area contributed by atoms with Crippen molar-refractivity contribution in [3.63, 3.8) is 0 Å². The number of isocyanates is 1. The second kappa shape index (κ2) is 29.3. The van der Waals surface area contributed by atoms with Crippen LogP contribution in [0.5, 0.6) is 0 Å². The van der Waals surface area contributed by atoms with Gasteiger partial charge in [0.05, 0.1) is 6.54 Å². The SMILES string of the molecule is O=C=NCCCCCCCCCCCCCCCCCCCCCCCCCCCO. The smallest absolute Gasteiger partial charge is 0.234 e. The van der Waals surface area contributed by atoms with E-state index in [2.05, 4.69) is 4.99 Å². The summed E-state index contributed by atoms with van der Waals surface area (Å²) in [7, 11) is 0. The molecule has 0 bridgehead atoms. The molecule has 0 fully saturated rings. The summed E-state index contributed by atoms with van der Waals surface area (Å²) in [5.41, 5.74) is 0. The first-order valence-corrected chi connectivity index (χ1v) is 14.1. The van der Waals surface area contributed by atoms with Crippen LogP contribution < -0.4 is 0 Å². The Morgan fingerprint density at radius 3 is 0.839 bits per heavy atom. The third-order valence-corrected chi connectivity index (χ3v) is 6.49. The van der Waals surface area contributed by atoms with Crippen molar-refractivity contribution in [2.45, 2.75) is 161 Å². The molecule has 0 saturated carbocycles. The Balaban J connectivity index is 3.00. The van der Waals surface area contributed by atoms with Gasteiger partial charge in [-0.1, -0.05) is 148 Å². The number of aliphatic hydroxyl groups excluding tert-OH is 1. The fourth-order valence-electron chi connectivity index (χ4n) is 4.41. The predicted octanol–water partition coefficient (Wildman–Crippen LogP) is 9.07. The van der Waals surface area contributed by atoms with Crippen molar-refractivity contribution < 1.29 is 9.90 Å². The van der Waals surface area contributed by atoms with E-state index in [9.17, 15) is 4.79 Å². The van der Waals surface area contributed by atoms with E-state index in [0.29, 0.717) is 13.2 Å². The van der Waals surface area contributed by atoms with E-state index in [1.807, 2.05) is 0 Å². The monoisotopic (exact) mass is 437 g/mol. The van der Waals surface area contributed by atoms with Crippen molar-refractivity contribution in [3.8, 4) is 0 Å². The van der Waals surface area contributed by atoms with Gasteiger partial charge in [-0.2, -0.15) is 0 Å². The maximum Gasteiger partial charge on any atom is 0.234 e. The summed E-state index contributed by atoms with van der Waals surface area (Å²) < 4.78 is 0. The summed E-state index contributed by atoms with van der Waals surface area (Å²) in [5.74, 6) is 0. The fourth-order valence-corrected chi connectivity index (χ4v) is 4.41. The van der Waals surface area contributed by atoms with Crippen molar-refractivity contribution in [2.75, 3.05) is 13.2 Å². The van der Waals surface area contributed by atoms with Crippen molar-refractivity contribution in [2.24, 2.45) is 4.99 Å². The normalized spacial score (nSPS) is 11.0. The van der Waals surface area contributed by atoms with E-state index >= 15 is 0 Å². The van der Waals surface area contributed by atoms with E-state index in [4.69, 9.17) is 5.11 Å². The van der Waals surface area contributed by atoms with E-state index in [0.717, 1.165) is 12.8 Å². The lowest BCUT2D eigenvalue weighted by atomic mass is 10.0. The van der Waals surface area contributed by atoms with Gasteiger partial charge < -0.3 is 5.11 Å². The summed E-state index contributed by atoms with van der Waals surface area (Å²) in [6.45, 7) is 1.03. The predicted molar refractivity (Wildman–Crippen MR) is 135 cm³/mol. The zero-order valence-corrected chi connectivity index (χ0v) is 20.9. The highest BCUT2D eigenvalue weighted by Crippen LogP contribution is 2.15. The number of nitrogens with zero attached hydrogens (tertiary/aromatic N) is 1. The molecule has 0 atom stereocenters. The molecule has 0 aliphatic heterocycles. The Labute approximate surface area is 194 Å². The van der Waals surface area contributed by atoms with Gasteiger partial charge in [0.1, 0.15) is 0 Å². The molecule has 0 aromatic carbocycles. The van der Waals surface area contributed by atoms with Gasteiger partial charge >= 0.3 is 0 Å².